The molecule has 3 heterocycles. The number of rotatable bonds is 12. The van der Waals surface area contributed by atoms with Crippen LogP contribution in [-0.2, 0) is 25.9 Å². The summed E-state index contributed by atoms with van der Waals surface area (Å²) in [6, 6.07) is 20.5. The van der Waals surface area contributed by atoms with Crippen molar-refractivity contribution in [2.75, 3.05) is 27.7 Å². The average molecular weight is 668 g/mol. The number of hydrogen-bond donors (Lipinski definition) is 2. The van der Waals surface area contributed by atoms with Gasteiger partial charge in [-0.25, -0.2) is 0 Å². The average Bonchev–Trinajstić information content (AvgIpc) is 3.64. The van der Waals surface area contributed by atoms with Crippen molar-refractivity contribution in [2.45, 2.75) is 77.5 Å². The minimum Gasteiger partial charge on any atom is -0.385 e. The fourth-order valence-electron chi connectivity index (χ4n) is 8.89. The van der Waals surface area contributed by atoms with Gasteiger partial charge < -0.3 is 24.7 Å². The maximum absolute atomic E-state index is 4.36. The van der Waals surface area contributed by atoms with Crippen LogP contribution in [0.5, 0.6) is 0 Å². The summed E-state index contributed by atoms with van der Waals surface area (Å²) >= 11 is 0. The topological polar surface area (TPSA) is 37.2 Å². The Balaban J connectivity index is 0.000000261. The number of aromatic nitrogens is 2. The van der Waals surface area contributed by atoms with Crippen molar-refractivity contribution in [3.05, 3.63) is 120 Å². The third-order valence-corrected chi connectivity index (χ3v) is 11.1. The first-order valence-corrected chi connectivity index (χ1v) is 18.7. The maximum Gasteiger partial charge on any atom is 0.0745 e. The maximum atomic E-state index is 4.36. The molecule has 2 aromatic heterocycles. The Labute approximate surface area is 300 Å². The molecule has 0 radical (unpaired) electrons. The number of aryl methyl sites for hydroxylation is 1. The molecule has 5 heteroatoms. The van der Waals surface area contributed by atoms with Crippen molar-refractivity contribution < 1.29 is 0 Å². The van der Waals surface area contributed by atoms with Crippen molar-refractivity contribution >= 4 is 44.9 Å². The Bertz CT molecular complexity index is 2020. The Hall–Kier alpha value is -4.32. The number of fused-ring (bicyclic) bond motifs is 6. The summed E-state index contributed by atoms with van der Waals surface area (Å²) in [6.07, 6.45) is 15.3. The van der Waals surface area contributed by atoms with E-state index in [-0.39, 0.29) is 0 Å². The first-order chi connectivity index (χ1) is 24.4. The van der Waals surface area contributed by atoms with Crippen LogP contribution in [0.25, 0.3) is 44.9 Å². The van der Waals surface area contributed by atoms with E-state index in [0.29, 0.717) is 18.0 Å². The molecule has 3 unspecified atom stereocenters. The second-order valence-corrected chi connectivity index (χ2v) is 14.2. The Morgan fingerprint density at radius 2 is 1.74 bits per heavy atom. The fourth-order valence-corrected chi connectivity index (χ4v) is 8.89. The lowest BCUT2D eigenvalue weighted by Crippen LogP contribution is -2.43. The molecular weight excluding hydrogens is 611 g/mol. The zero-order valence-electron chi connectivity index (χ0n) is 31.1. The fraction of sp³-hybridized carbons (Fsp3) is 0.378. The van der Waals surface area contributed by atoms with Gasteiger partial charge >= 0.3 is 0 Å². The standard InChI is InChI=1S/C32H40N4.C13H17N/c1-7-20-24(18-33-4)30-23-15-11-13-17-27(23)36-25(9-3)21(8-2)28(34(5)6)19-35-26-16-12-10-14-22(26)29(20)31(35)32(30)36;1-3-11-14-12(2)9-10-13-7-5-4-6-8-13/h7,10-11,13-15,17,21,25,28,33H,1,8-9,12,16,18-19H2,2-6H3;3-8,14H,1-2,9-11H2. The van der Waals surface area contributed by atoms with E-state index < -0.39 is 0 Å². The van der Waals surface area contributed by atoms with Crippen molar-refractivity contribution in [3.63, 3.8) is 0 Å². The van der Waals surface area contributed by atoms with Crippen molar-refractivity contribution in [1.82, 2.24) is 24.7 Å². The van der Waals surface area contributed by atoms with Crippen LogP contribution in [-0.4, -0.2) is 47.8 Å². The van der Waals surface area contributed by atoms with Gasteiger partial charge in [0.1, 0.15) is 0 Å². The second-order valence-electron chi connectivity index (χ2n) is 14.2. The predicted molar refractivity (Wildman–Crippen MR) is 218 cm³/mol. The summed E-state index contributed by atoms with van der Waals surface area (Å²) in [5, 5.41) is 10.9. The van der Waals surface area contributed by atoms with Crippen LogP contribution in [0.15, 0.2) is 92.2 Å². The lowest BCUT2D eigenvalue weighted by Gasteiger charge is -2.40. The molecule has 1 aliphatic carbocycles. The third kappa shape index (κ3) is 6.38. The van der Waals surface area contributed by atoms with Gasteiger partial charge in [0.25, 0.3) is 0 Å². The molecule has 1 aliphatic heterocycles. The summed E-state index contributed by atoms with van der Waals surface area (Å²) in [5.41, 5.74) is 12.3. The highest BCUT2D eigenvalue weighted by atomic mass is 15.2. The molecule has 2 aliphatic rings. The molecule has 5 aromatic rings. The zero-order valence-corrected chi connectivity index (χ0v) is 31.1. The molecule has 5 nitrogen and oxygen atoms in total. The lowest BCUT2D eigenvalue weighted by molar-refractivity contribution is 0.135. The second kappa shape index (κ2) is 15.7. The molecule has 50 heavy (non-hydrogen) atoms. The number of likely N-dealkylation sites (N-methyl/N-ethyl adjacent to an activating group) is 1. The van der Waals surface area contributed by atoms with Gasteiger partial charge in [-0.2, -0.15) is 0 Å². The molecule has 0 saturated carbocycles. The van der Waals surface area contributed by atoms with Crippen molar-refractivity contribution in [3.8, 4) is 0 Å². The molecule has 3 aromatic carbocycles. The molecule has 3 atom stereocenters. The number of hydrogen-bond acceptors (Lipinski definition) is 3. The zero-order chi connectivity index (χ0) is 35.4. The normalized spacial score (nSPS) is 18.2. The van der Waals surface area contributed by atoms with E-state index in [1.54, 1.807) is 0 Å². The number of para-hydroxylation sites is 1. The van der Waals surface area contributed by atoms with E-state index in [4.69, 9.17) is 0 Å². The van der Waals surface area contributed by atoms with Gasteiger partial charge in [-0.15, -0.1) is 6.58 Å². The highest BCUT2D eigenvalue weighted by Crippen LogP contribution is 2.49. The van der Waals surface area contributed by atoms with Gasteiger partial charge in [0, 0.05) is 70.3 Å². The van der Waals surface area contributed by atoms with Crippen LogP contribution in [0.1, 0.15) is 73.5 Å². The molecule has 7 rings (SSSR count). The molecule has 0 amide bonds. The van der Waals surface area contributed by atoms with E-state index in [1.165, 1.54) is 67.1 Å². The van der Waals surface area contributed by atoms with Gasteiger partial charge in [-0.1, -0.05) is 99.8 Å². The Kier molecular flexibility index (Phi) is 11.2. The van der Waals surface area contributed by atoms with Gasteiger partial charge in [0.2, 0.25) is 0 Å². The van der Waals surface area contributed by atoms with E-state index >= 15 is 0 Å². The highest BCUT2D eigenvalue weighted by molar-refractivity contribution is 6.22. The smallest absolute Gasteiger partial charge is 0.0745 e. The Morgan fingerprint density at radius 3 is 2.42 bits per heavy atom. The molecular formula is C45H57N5. The summed E-state index contributed by atoms with van der Waals surface area (Å²) in [7, 11) is 6.63. The summed E-state index contributed by atoms with van der Waals surface area (Å²) in [4.78, 5) is 2.49. The van der Waals surface area contributed by atoms with Crippen LogP contribution in [0.4, 0.5) is 0 Å². The first kappa shape index (κ1) is 35.5. The van der Waals surface area contributed by atoms with E-state index in [9.17, 15) is 0 Å². The molecule has 0 saturated heterocycles. The number of allylic oxidation sites excluding steroid dienone is 2. The summed E-state index contributed by atoms with van der Waals surface area (Å²) in [5.74, 6) is 0.566. The molecule has 262 valence electrons. The van der Waals surface area contributed by atoms with Gasteiger partial charge in [0.15, 0.2) is 0 Å². The van der Waals surface area contributed by atoms with E-state index in [0.717, 1.165) is 57.4 Å². The lowest BCUT2D eigenvalue weighted by atomic mass is 9.85. The van der Waals surface area contributed by atoms with Gasteiger partial charge in [-0.3, -0.25) is 0 Å². The molecule has 0 bridgehead atoms. The van der Waals surface area contributed by atoms with Gasteiger partial charge in [0.05, 0.1) is 11.0 Å². The van der Waals surface area contributed by atoms with Crippen LogP contribution >= 0.6 is 0 Å². The number of nitrogens with one attached hydrogen (secondary N) is 2. The predicted octanol–water partition coefficient (Wildman–Crippen LogP) is 9.90. The van der Waals surface area contributed by atoms with E-state index in [1.807, 2.05) is 12.1 Å². The number of benzene rings is 3. The van der Waals surface area contributed by atoms with Crippen LogP contribution < -0.4 is 10.6 Å². The van der Waals surface area contributed by atoms with Crippen LogP contribution in [0.2, 0.25) is 0 Å². The van der Waals surface area contributed by atoms with Crippen molar-refractivity contribution in [2.24, 2.45) is 5.92 Å². The largest absolute Gasteiger partial charge is 0.385 e. The van der Waals surface area contributed by atoms with Crippen LogP contribution in [0.3, 0.4) is 0 Å². The Morgan fingerprint density at radius 1 is 0.980 bits per heavy atom. The molecule has 0 spiro atoms. The number of nitrogens with zero attached hydrogens (tertiary/aromatic N) is 3. The first-order valence-electron chi connectivity index (χ1n) is 18.7. The minimum atomic E-state index is 0.446. The quantitative estimate of drug-likeness (QED) is 0.130. The highest BCUT2D eigenvalue weighted by Gasteiger charge is 2.37. The van der Waals surface area contributed by atoms with Crippen LogP contribution in [0, 0.1) is 5.92 Å². The SMILES string of the molecule is C=CCNC(=C)CCc1ccccc1.C=Cc1c(CNC)c2c3ccccc3n3c2c2c1c1c(n2CC(N(C)C)C(CC)C3CC)CCC=C1. The molecule has 0 fully saturated rings. The monoisotopic (exact) mass is 667 g/mol. The van der Waals surface area contributed by atoms with Gasteiger partial charge in [-0.05, 0) is 88.3 Å². The molecule has 2 N–H and O–H groups in total. The third-order valence-electron chi connectivity index (χ3n) is 11.1. The van der Waals surface area contributed by atoms with Crippen molar-refractivity contribution in [1.29, 1.82) is 0 Å². The summed E-state index contributed by atoms with van der Waals surface area (Å²) < 4.78 is 5.48. The van der Waals surface area contributed by atoms with E-state index in [2.05, 4.69) is 146 Å². The minimum absolute atomic E-state index is 0.446. The summed E-state index contributed by atoms with van der Waals surface area (Å²) in [6.45, 7) is 19.4.